The van der Waals surface area contributed by atoms with Crippen LogP contribution in [-0.4, -0.2) is 11.7 Å². The Morgan fingerprint density at radius 1 is 1.25 bits per heavy atom. The van der Waals surface area contributed by atoms with Crippen molar-refractivity contribution in [1.29, 1.82) is 5.26 Å². The fraction of sp³-hybridized carbons (Fsp3) is 0.188. The van der Waals surface area contributed by atoms with Gasteiger partial charge < -0.3 is 10.0 Å². The highest BCUT2D eigenvalue weighted by Gasteiger charge is 2.12. The molecule has 0 aliphatic carbocycles. The maximum absolute atomic E-state index is 13.6. The van der Waals surface area contributed by atoms with Crippen molar-refractivity contribution < 1.29 is 9.50 Å². The van der Waals surface area contributed by atoms with E-state index in [0.717, 1.165) is 11.3 Å². The van der Waals surface area contributed by atoms with Gasteiger partial charge in [0.15, 0.2) is 0 Å². The molecule has 0 saturated carbocycles. The highest BCUT2D eigenvalue weighted by molar-refractivity contribution is 5.68. The van der Waals surface area contributed by atoms with Crippen molar-refractivity contribution in [2.75, 3.05) is 11.4 Å². The summed E-state index contributed by atoms with van der Waals surface area (Å²) in [6, 6.07) is 11.2. The van der Waals surface area contributed by atoms with Gasteiger partial charge in [0.05, 0.1) is 11.6 Å². The normalized spacial score (nSPS) is 10.1. The molecule has 0 atom stereocenters. The summed E-state index contributed by atoms with van der Waals surface area (Å²) in [5, 5.41) is 18.6. The molecule has 20 heavy (non-hydrogen) atoms. The highest BCUT2D eigenvalue weighted by Crippen LogP contribution is 2.31. The van der Waals surface area contributed by atoms with Gasteiger partial charge in [0, 0.05) is 24.0 Å². The van der Waals surface area contributed by atoms with E-state index in [1.807, 2.05) is 24.8 Å². The van der Waals surface area contributed by atoms with Gasteiger partial charge in [-0.3, -0.25) is 0 Å². The Morgan fingerprint density at radius 2 is 2.00 bits per heavy atom. The Bertz CT molecular complexity index is 677. The molecule has 0 aromatic heterocycles. The van der Waals surface area contributed by atoms with Gasteiger partial charge in [-0.15, -0.1) is 0 Å². The third kappa shape index (κ3) is 2.72. The number of phenolic OH excluding ortho intramolecular Hbond substituents is 1. The minimum atomic E-state index is -0.449. The zero-order chi connectivity index (χ0) is 14.7. The molecule has 2 aromatic rings. The average Bonchev–Trinajstić information content (AvgIpc) is 2.43. The van der Waals surface area contributed by atoms with Gasteiger partial charge in [-0.1, -0.05) is 6.07 Å². The Labute approximate surface area is 117 Å². The lowest BCUT2D eigenvalue weighted by Crippen LogP contribution is -2.17. The van der Waals surface area contributed by atoms with Gasteiger partial charge in [-0.05, 0) is 43.7 Å². The van der Waals surface area contributed by atoms with Crippen LogP contribution in [0.5, 0.6) is 5.75 Å². The summed E-state index contributed by atoms with van der Waals surface area (Å²) < 4.78 is 13.6. The molecule has 0 aliphatic heterocycles. The Hall–Kier alpha value is -2.54. The molecule has 4 heteroatoms. The molecule has 0 fully saturated rings. The lowest BCUT2D eigenvalue weighted by atomic mass is 10.1. The number of phenols is 1. The van der Waals surface area contributed by atoms with Crippen LogP contribution in [-0.2, 0) is 0 Å². The summed E-state index contributed by atoms with van der Waals surface area (Å²) in [6.07, 6.45) is 0. The second kappa shape index (κ2) is 5.62. The maximum atomic E-state index is 13.6. The summed E-state index contributed by atoms with van der Waals surface area (Å²) in [5.41, 5.74) is 2.63. The van der Waals surface area contributed by atoms with Crippen molar-refractivity contribution in [2.24, 2.45) is 0 Å². The van der Waals surface area contributed by atoms with Crippen LogP contribution in [0.3, 0.4) is 0 Å². The van der Waals surface area contributed by atoms with Gasteiger partial charge in [0.2, 0.25) is 0 Å². The number of rotatable bonds is 3. The zero-order valence-corrected chi connectivity index (χ0v) is 11.4. The van der Waals surface area contributed by atoms with Crippen molar-refractivity contribution in [3.63, 3.8) is 0 Å². The van der Waals surface area contributed by atoms with Crippen molar-refractivity contribution >= 4 is 11.4 Å². The van der Waals surface area contributed by atoms with E-state index in [1.54, 1.807) is 24.3 Å². The van der Waals surface area contributed by atoms with Gasteiger partial charge in [0.1, 0.15) is 11.6 Å². The first kappa shape index (κ1) is 13.9. The molecule has 0 heterocycles. The largest absolute Gasteiger partial charge is 0.508 e. The second-order valence-corrected chi connectivity index (χ2v) is 4.52. The van der Waals surface area contributed by atoms with Crippen molar-refractivity contribution in [1.82, 2.24) is 0 Å². The zero-order valence-electron chi connectivity index (χ0n) is 11.4. The number of benzene rings is 2. The topological polar surface area (TPSA) is 47.3 Å². The van der Waals surface area contributed by atoms with E-state index in [9.17, 15) is 9.50 Å². The Balaban J connectivity index is 2.55. The number of hydrogen-bond acceptors (Lipinski definition) is 3. The maximum Gasteiger partial charge on any atom is 0.126 e. The number of aromatic hydroxyl groups is 1. The summed E-state index contributed by atoms with van der Waals surface area (Å²) in [5.74, 6) is -0.295. The van der Waals surface area contributed by atoms with Crippen LogP contribution in [0.15, 0.2) is 36.4 Å². The van der Waals surface area contributed by atoms with E-state index in [4.69, 9.17) is 5.26 Å². The van der Waals surface area contributed by atoms with Crippen molar-refractivity contribution in [3.8, 4) is 11.8 Å². The number of hydrogen-bond donors (Lipinski definition) is 1. The lowest BCUT2D eigenvalue weighted by Gasteiger charge is -2.25. The van der Waals surface area contributed by atoms with Crippen LogP contribution in [0.1, 0.15) is 18.1 Å². The summed E-state index contributed by atoms with van der Waals surface area (Å²) >= 11 is 0. The molecule has 0 amide bonds. The fourth-order valence-electron chi connectivity index (χ4n) is 2.18. The molecular weight excluding hydrogens is 255 g/mol. The van der Waals surface area contributed by atoms with Crippen LogP contribution < -0.4 is 4.90 Å². The van der Waals surface area contributed by atoms with E-state index in [1.165, 1.54) is 12.1 Å². The molecule has 0 unspecified atom stereocenters. The average molecular weight is 270 g/mol. The summed E-state index contributed by atoms with van der Waals surface area (Å²) in [6.45, 7) is 4.45. The molecule has 3 nitrogen and oxygen atoms in total. The first-order valence-electron chi connectivity index (χ1n) is 6.33. The molecule has 0 radical (unpaired) electrons. The molecule has 1 N–H and O–H groups in total. The summed E-state index contributed by atoms with van der Waals surface area (Å²) in [7, 11) is 0. The minimum absolute atomic E-state index is 0.154. The van der Waals surface area contributed by atoms with E-state index in [2.05, 4.69) is 0 Å². The quantitative estimate of drug-likeness (QED) is 0.921. The van der Waals surface area contributed by atoms with Crippen LogP contribution in [0.25, 0.3) is 0 Å². The molecule has 2 aromatic carbocycles. The predicted octanol–water partition coefficient (Wildman–Crippen LogP) is 3.87. The van der Waals surface area contributed by atoms with E-state index < -0.39 is 5.82 Å². The SMILES string of the molecule is CCN(c1cc(F)cc(C#N)c1)c1cc(O)ccc1C. The smallest absolute Gasteiger partial charge is 0.126 e. The molecule has 2 rings (SSSR count). The molecule has 0 saturated heterocycles. The van der Waals surface area contributed by atoms with Gasteiger partial charge in [0.25, 0.3) is 0 Å². The number of aryl methyl sites for hydroxylation is 1. The number of nitrogens with zero attached hydrogens (tertiary/aromatic N) is 2. The second-order valence-electron chi connectivity index (χ2n) is 4.52. The first-order chi connectivity index (χ1) is 9.55. The minimum Gasteiger partial charge on any atom is -0.508 e. The van der Waals surface area contributed by atoms with Crippen molar-refractivity contribution in [2.45, 2.75) is 13.8 Å². The molecular formula is C16H15FN2O. The van der Waals surface area contributed by atoms with E-state index >= 15 is 0 Å². The van der Waals surface area contributed by atoms with E-state index in [-0.39, 0.29) is 11.3 Å². The highest BCUT2D eigenvalue weighted by atomic mass is 19.1. The van der Waals surface area contributed by atoms with Crippen LogP contribution in [0.4, 0.5) is 15.8 Å². The fourth-order valence-corrected chi connectivity index (χ4v) is 2.18. The molecule has 102 valence electrons. The van der Waals surface area contributed by atoms with Gasteiger partial charge >= 0.3 is 0 Å². The number of halogens is 1. The van der Waals surface area contributed by atoms with E-state index in [0.29, 0.717) is 12.2 Å². The van der Waals surface area contributed by atoms with Crippen LogP contribution in [0, 0.1) is 24.1 Å². The molecule has 0 bridgehead atoms. The predicted molar refractivity (Wildman–Crippen MR) is 76.6 cm³/mol. The molecule has 0 aliphatic rings. The molecule has 0 spiro atoms. The first-order valence-corrected chi connectivity index (χ1v) is 6.33. The van der Waals surface area contributed by atoms with Crippen LogP contribution >= 0.6 is 0 Å². The van der Waals surface area contributed by atoms with Gasteiger partial charge in [-0.25, -0.2) is 4.39 Å². The third-order valence-electron chi connectivity index (χ3n) is 3.12. The number of anilines is 2. The van der Waals surface area contributed by atoms with Crippen LogP contribution in [0.2, 0.25) is 0 Å². The summed E-state index contributed by atoms with van der Waals surface area (Å²) in [4.78, 5) is 1.86. The monoisotopic (exact) mass is 270 g/mol. The lowest BCUT2D eigenvalue weighted by molar-refractivity contribution is 0.475. The Kier molecular flexibility index (Phi) is 3.90. The van der Waals surface area contributed by atoms with Gasteiger partial charge in [-0.2, -0.15) is 5.26 Å². The Morgan fingerprint density at radius 3 is 2.65 bits per heavy atom. The van der Waals surface area contributed by atoms with Crippen molar-refractivity contribution in [3.05, 3.63) is 53.3 Å². The third-order valence-corrected chi connectivity index (χ3v) is 3.12. The standard InChI is InChI=1S/C16H15FN2O/c1-3-19(16-9-15(20)5-4-11(16)2)14-7-12(10-18)6-13(17)8-14/h4-9,20H,3H2,1-2H3. The number of nitriles is 1.